The summed E-state index contributed by atoms with van der Waals surface area (Å²) in [5.41, 5.74) is -0.446. The quantitative estimate of drug-likeness (QED) is 0.643. The van der Waals surface area contributed by atoms with Crippen molar-refractivity contribution >= 4 is 28.6 Å². The van der Waals surface area contributed by atoms with Crippen LogP contribution in [0.2, 0.25) is 4.24 Å². The summed E-state index contributed by atoms with van der Waals surface area (Å²) in [5, 5.41) is -0.771. The number of hydrogen-bond acceptors (Lipinski definition) is 8. The van der Waals surface area contributed by atoms with Crippen molar-refractivity contribution in [2.75, 3.05) is 51.3 Å². The zero-order valence-electron chi connectivity index (χ0n) is 30.6. The Kier molecular flexibility index (Phi) is 2.52. The normalized spacial score (nSPS) is 29.5. The van der Waals surface area contributed by atoms with E-state index in [0.29, 0.717) is 4.90 Å². The fourth-order valence-electron chi connectivity index (χ4n) is 2.39. The van der Waals surface area contributed by atoms with Gasteiger partial charge in [-0.15, -0.1) is 0 Å². The minimum atomic E-state index is -3.77. The second-order valence-corrected chi connectivity index (χ2v) is 5.57. The van der Waals surface area contributed by atoms with Gasteiger partial charge >= 0.3 is 0 Å². The molecule has 1 fully saturated rings. The lowest BCUT2D eigenvalue weighted by molar-refractivity contribution is -0.130. The number of nitrogens with one attached hydrogen (secondary N) is 1. The maximum absolute atomic E-state index is 12.8. The average Bonchev–Trinajstić information content (AvgIpc) is 3.32. The summed E-state index contributed by atoms with van der Waals surface area (Å²) in [6.07, 6.45) is -6.10. The smallest absolute Gasteiger partial charge is 0.249 e. The molecule has 9 heteroatoms. The van der Waals surface area contributed by atoms with Crippen LogP contribution in [0.5, 0.6) is 11.5 Å². The monoisotopic (exact) mass is 405 g/mol. The molecule has 9 nitrogen and oxygen atoms in total. The number of rotatable bonds is 9. The van der Waals surface area contributed by atoms with Gasteiger partial charge in [-0.2, -0.15) is 4.98 Å². The van der Waals surface area contributed by atoms with Crippen LogP contribution in [0, 0.1) is 0 Å². The molecule has 1 aliphatic rings. The Morgan fingerprint density at radius 1 is 1.54 bits per heavy atom. The average molecular weight is 406 g/mol. The number of benzene rings is 1. The second-order valence-electron chi connectivity index (χ2n) is 5.57. The van der Waals surface area contributed by atoms with Gasteiger partial charge in [0.2, 0.25) is 11.9 Å². The molecular weight excluding hydrogens is 362 g/mol. The summed E-state index contributed by atoms with van der Waals surface area (Å²) < 4.78 is 141. The highest BCUT2D eigenvalue weighted by molar-refractivity contribution is 5.91. The first-order valence-corrected chi connectivity index (χ1v) is 7.98. The second kappa shape index (κ2) is 8.92. The molecule has 1 amide bonds. The molecule has 0 spiro atoms. The summed E-state index contributed by atoms with van der Waals surface area (Å²) in [6, 6.07) is 1.72. The van der Waals surface area contributed by atoms with Crippen LogP contribution < -0.4 is 25.4 Å². The molecular formula is C19H27N5O4. The highest BCUT2D eigenvalue weighted by Crippen LogP contribution is 2.33. The van der Waals surface area contributed by atoms with E-state index in [1.54, 1.807) is 0 Å². The lowest BCUT2D eigenvalue weighted by Crippen LogP contribution is -2.36. The number of ether oxygens (including phenoxy) is 3. The number of anilines is 2. The first kappa shape index (κ1) is 7.90. The summed E-state index contributed by atoms with van der Waals surface area (Å²) in [5.74, 6) is -4.34. The van der Waals surface area contributed by atoms with E-state index in [9.17, 15) is 4.79 Å². The standard InChI is InChI=1S/C19H27N5O4/c1-24(8-5-7-21-18(25)14-6-4-9-28-14)19-22-13-11-16(27-3)15(26-2)10-12(13)17(20)23-19/h10-11,14H,4-9H2,1-3H3,(H,21,25)(H2,20,22,23)/i2D3,3D3,5D2,7D2,8D2,14D/hD3. The molecule has 1 aromatic carbocycles. The third-order valence-electron chi connectivity index (χ3n) is 3.75. The van der Waals surface area contributed by atoms with Crippen LogP contribution in [0.15, 0.2) is 12.1 Å². The third kappa shape index (κ3) is 4.36. The summed E-state index contributed by atoms with van der Waals surface area (Å²) >= 11 is 0. The number of hydrogen-bond donors (Lipinski definition) is 2. The summed E-state index contributed by atoms with van der Waals surface area (Å²) in [7, 11) is -5.35. The van der Waals surface area contributed by atoms with Crippen LogP contribution >= 0.6 is 0 Å². The molecule has 3 rings (SSSR count). The van der Waals surface area contributed by atoms with Gasteiger partial charge in [0.15, 0.2) is 15.7 Å². The topological polar surface area (TPSA) is 112 Å². The fourth-order valence-corrected chi connectivity index (χ4v) is 2.39. The summed E-state index contributed by atoms with van der Waals surface area (Å²) in [6.45, 7) is -7.28. The van der Waals surface area contributed by atoms with Crippen LogP contribution in [0.25, 0.3) is 10.9 Å². The van der Waals surface area contributed by atoms with Crippen molar-refractivity contribution in [1.29, 1.82) is 0 Å². The van der Waals surface area contributed by atoms with E-state index >= 15 is 0 Å². The molecule has 1 unspecified atom stereocenters. The Balaban J connectivity index is 2.14. The van der Waals surface area contributed by atoms with Gasteiger partial charge in [0.05, 0.1) is 29.2 Å². The molecule has 0 saturated carbocycles. The van der Waals surface area contributed by atoms with Gasteiger partial charge in [0.25, 0.3) is 0 Å². The number of nitrogens with zero attached hydrogens (tertiary/aromatic N) is 3. The van der Waals surface area contributed by atoms with E-state index in [-0.39, 0.29) is 36.1 Å². The minimum Gasteiger partial charge on any atom is -0.493 e. The van der Waals surface area contributed by atoms with Crippen LogP contribution in [0.4, 0.5) is 11.8 Å². The van der Waals surface area contributed by atoms with Crippen LogP contribution in [0.1, 0.15) is 37.0 Å². The molecule has 3 N–H and O–H groups in total. The van der Waals surface area contributed by atoms with Crippen molar-refractivity contribution in [3.05, 3.63) is 12.1 Å². The van der Waals surface area contributed by atoms with Crippen LogP contribution in [0.3, 0.4) is 0 Å². The van der Waals surface area contributed by atoms with Crippen LogP contribution in [-0.4, -0.2) is 62.7 Å². The number of methoxy groups -OCH3 is 2. The molecule has 1 aromatic heterocycles. The first-order chi connectivity index (χ1) is 19.7. The first-order valence-electron chi connectivity index (χ1n) is 15.8. The van der Waals surface area contributed by atoms with Crippen molar-refractivity contribution in [3.63, 3.8) is 0 Å². The van der Waals surface area contributed by atoms with E-state index in [1.807, 2.05) is 0 Å². The molecule has 1 aliphatic heterocycles. The van der Waals surface area contributed by atoms with E-state index in [0.717, 1.165) is 19.2 Å². The predicted molar refractivity (Wildman–Crippen MR) is 107 cm³/mol. The highest BCUT2D eigenvalue weighted by atomic mass is 16.5. The zero-order valence-corrected chi connectivity index (χ0v) is 14.6. The van der Waals surface area contributed by atoms with Gasteiger partial charge in [-0.3, -0.25) is 4.79 Å². The SMILES string of the molecule is [2H]N([2H])c1nc(N(C)C([2H])([2H])C([2H])([2H])C([2H])([2H])N([2H])C(=O)C2([2H])CCCO2)nc2cc(OC([2H])([2H])[2H])c(OC([2H])([2H])[2H])cc12. The molecule has 0 radical (unpaired) electrons. The Labute approximate surface area is 186 Å². The van der Waals surface area contributed by atoms with Crippen molar-refractivity contribution in [2.45, 2.75) is 25.3 Å². The van der Waals surface area contributed by atoms with Crippen molar-refractivity contribution in [2.24, 2.45) is 0 Å². The van der Waals surface area contributed by atoms with Gasteiger partial charge < -0.3 is 30.1 Å². The van der Waals surface area contributed by atoms with Gasteiger partial charge in [0.1, 0.15) is 11.9 Å². The fraction of sp³-hybridized carbons (Fsp3) is 0.526. The van der Waals surface area contributed by atoms with Gasteiger partial charge in [-0.1, -0.05) is 0 Å². The Hall–Kier alpha value is -2.81. The molecule has 2 heterocycles. The van der Waals surface area contributed by atoms with E-state index in [2.05, 4.69) is 9.97 Å². The lowest BCUT2D eigenvalue weighted by atomic mass is 10.2. The molecule has 2 aromatic rings. The molecule has 152 valence electrons. The largest absolute Gasteiger partial charge is 0.493 e. The molecule has 28 heavy (non-hydrogen) atoms. The maximum atomic E-state index is 12.8. The molecule has 1 atom stereocenters. The van der Waals surface area contributed by atoms with Gasteiger partial charge in [0, 0.05) is 46.3 Å². The Morgan fingerprint density at radius 2 is 2.36 bits per heavy atom. The zero-order chi connectivity index (χ0) is 33.8. The van der Waals surface area contributed by atoms with Crippen molar-refractivity contribution < 1.29 is 41.1 Å². The lowest BCUT2D eigenvalue weighted by Gasteiger charge is -2.19. The summed E-state index contributed by atoms with van der Waals surface area (Å²) in [4.78, 5) is 21.0. The number of nitrogens with two attached hydrogens (primary N) is 1. The number of aromatic nitrogens is 2. The Morgan fingerprint density at radius 3 is 3.07 bits per heavy atom. The van der Waals surface area contributed by atoms with Crippen molar-refractivity contribution in [1.82, 2.24) is 15.3 Å². The van der Waals surface area contributed by atoms with Gasteiger partial charge in [-0.05, 0) is 25.3 Å². The maximum Gasteiger partial charge on any atom is 0.249 e. The molecule has 0 bridgehead atoms. The van der Waals surface area contributed by atoms with E-state index < -0.39 is 74.0 Å². The van der Waals surface area contributed by atoms with Crippen LogP contribution in [-0.2, 0) is 9.53 Å². The number of amides is 1. The number of carbonyl (C=O) groups excluding carboxylic acids is 1. The van der Waals surface area contributed by atoms with E-state index in [4.69, 9.17) is 36.3 Å². The highest BCUT2D eigenvalue weighted by Gasteiger charge is 2.22. The third-order valence-corrected chi connectivity index (χ3v) is 3.75. The van der Waals surface area contributed by atoms with Crippen molar-refractivity contribution in [3.8, 4) is 11.5 Å². The minimum absolute atomic E-state index is 0.0316. The Bertz CT molecular complexity index is 1400. The predicted octanol–water partition coefficient (Wildman–Crippen LogP) is 1.35. The number of fused-ring (bicyclic) bond motifs is 1. The number of carbonyl (C=O) groups is 1. The van der Waals surface area contributed by atoms with Gasteiger partial charge in [-0.25, -0.2) is 4.98 Å². The number of nitrogen functional groups attached to an aromatic ring is 1. The molecule has 0 aliphatic carbocycles. The molecule has 1 saturated heterocycles. The van der Waals surface area contributed by atoms with E-state index in [1.165, 1.54) is 0 Å².